The van der Waals surface area contributed by atoms with Gasteiger partial charge in [0, 0.05) is 28.3 Å². The maximum absolute atomic E-state index is 13.1. The Hall–Kier alpha value is -1.75. The number of anilines is 1. The molecule has 0 aliphatic rings. The SMILES string of the molecule is COc1cc(Br)cc(NCc2cc(F)ccc2O)c1. The van der Waals surface area contributed by atoms with Gasteiger partial charge in [0.2, 0.25) is 0 Å². The van der Waals surface area contributed by atoms with Gasteiger partial charge in [0.1, 0.15) is 17.3 Å². The fraction of sp³-hybridized carbons (Fsp3) is 0.143. The van der Waals surface area contributed by atoms with Crippen molar-refractivity contribution in [2.45, 2.75) is 6.54 Å². The molecule has 0 saturated heterocycles. The topological polar surface area (TPSA) is 41.5 Å². The molecule has 0 unspecified atom stereocenters. The Labute approximate surface area is 119 Å². The molecule has 0 fully saturated rings. The summed E-state index contributed by atoms with van der Waals surface area (Å²) in [4.78, 5) is 0. The average molecular weight is 326 g/mol. The fourth-order valence-corrected chi connectivity index (χ4v) is 2.15. The van der Waals surface area contributed by atoms with E-state index in [1.54, 1.807) is 7.11 Å². The number of phenols is 1. The predicted molar refractivity (Wildman–Crippen MR) is 76.1 cm³/mol. The monoisotopic (exact) mass is 325 g/mol. The van der Waals surface area contributed by atoms with Gasteiger partial charge >= 0.3 is 0 Å². The van der Waals surface area contributed by atoms with Gasteiger partial charge < -0.3 is 15.2 Å². The summed E-state index contributed by atoms with van der Waals surface area (Å²) in [6.45, 7) is 0.323. The molecule has 2 N–H and O–H groups in total. The standard InChI is InChI=1S/C14H13BrFNO2/c1-19-13-6-10(15)5-12(7-13)17-8-9-4-11(16)2-3-14(9)18/h2-7,17-18H,8H2,1H3. The molecule has 2 aromatic rings. The molecule has 3 nitrogen and oxygen atoms in total. The predicted octanol–water partition coefficient (Wildman–Crippen LogP) is 3.91. The third-order valence-corrected chi connectivity index (χ3v) is 3.09. The van der Waals surface area contributed by atoms with Crippen molar-refractivity contribution < 1.29 is 14.2 Å². The Morgan fingerprint density at radius 1 is 1.26 bits per heavy atom. The first-order chi connectivity index (χ1) is 9.08. The Bertz CT molecular complexity index is 590. The van der Waals surface area contributed by atoms with Gasteiger partial charge in [0.25, 0.3) is 0 Å². The number of phenolic OH excluding ortho intramolecular Hbond substituents is 1. The van der Waals surface area contributed by atoms with Crippen LogP contribution in [-0.4, -0.2) is 12.2 Å². The van der Waals surface area contributed by atoms with Gasteiger partial charge in [-0.1, -0.05) is 15.9 Å². The molecule has 2 rings (SSSR count). The van der Waals surface area contributed by atoms with Gasteiger partial charge in [-0.3, -0.25) is 0 Å². The van der Waals surface area contributed by atoms with Crippen molar-refractivity contribution >= 4 is 21.6 Å². The highest BCUT2D eigenvalue weighted by Gasteiger charge is 2.04. The Balaban J connectivity index is 2.14. The minimum atomic E-state index is -0.374. The van der Waals surface area contributed by atoms with Crippen LogP contribution >= 0.6 is 15.9 Å². The van der Waals surface area contributed by atoms with E-state index in [9.17, 15) is 9.50 Å². The quantitative estimate of drug-likeness (QED) is 0.895. The van der Waals surface area contributed by atoms with Crippen molar-refractivity contribution in [1.29, 1.82) is 0 Å². The van der Waals surface area contributed by atoms with Crippen LogP contribution in [0.25, 0.3) is 0 Å². The Morgan fingerprint density at radius 3 is 2.79 bits per heavy atom. The molecule has 0 heterocycles. The van der Waals surface area contributed by atoms with Crippen LogP contribution in [0.4, 0.5) is 10.1 Å². The molecule has 2 aromatic carbocycles. The second kappa shape index (κ2) is 5.93. The van der Waals surface area contributed by atoms with Gasteiger partial charge in [-0.2, -0.15) is 0 Å². The lowest BCUT2D eigenvalue weighted by molar-refractivity contribution is 0.414. The van der Waals surface area contributed by atoms with E-state index in [1.807, 2.05) is 18.2 Å². The molecule has 0 saturated carbocycles. The molecule has 0 aromatic heterocycles. The van der Waals surface area contributed by atoms with Crippen molar-refractivity contribution in [3.63, 3.8) is 0 Å². The molecule has 19 heavy (non-hydrogen) atoms. The summed E-state index contributed by atoms with van der Waals surface area (Å²) in [5.41, 5.74) is 1.31. The minimum absolute atomic E-state index is 0.0656. The van der Waals surface area contributed by atoms with E-state index in [1.165, 1.54) is 18.2 Å². The van der Waals surface area contributed by atoms with Crippen molar-refractivity contribution in [2.75, 3.05) is 12.4 Å². The van der Waals surface area contributed by atoms with E-state index in [2.05, 4.69) is 21.2 Å². The zero-order valence-corrected chi connectivity index (χ0v) is 11.9. The van der Waals surface area contributed by atoms with Crippen molar-refractivity contribution in [3.8, 4) is 11.5 Å². The first-order valence-corrected chi connectivity index (χ1v) is 6.43. The normalized spacial score (nSPS) is 10.3. The summed E-state index contributed by atoms with van der Waals surface area (Å²) >= 11 is 3.38. The van der Waals surface area contributed by atoms with E-state index in [4.69, 9.17) is 4.74 Å². The molecule has 0 amide bonds. The summed E-state index contributed by atoms with van der Waals surface area (Å²) in [7, 11) is 1.59. The number of hydrogen-bond donors (Lipinski definition) is 2. The lowest BCUT2D eigenvalue weighted by Gasteiger charge is -2.10. The number of hydrogen-bond acceptors (Lipinski definition) is 3. The highest BCUT2D eigenvalue weighted by molar-refractivity contribution is 9.10. The summed E-state index contributed by atoms with van der Waals surface area (Å²) in [6, 6.07) is 9.40. The van der Waals surface area contributed by atoms with E-state index in [0.29, 0.717) is 17.9 Å². The number of aromatic hydroxyl groups is 1. The first kappa shape index (κ1) is 13.7. The highest BCUT2D eigenvalue weighted by atomic mass is 79.9. The summed E-state index contributed by atoms with van der Waals surface area (Å²) in [5, 5.41) is 12.7. The number of nitrogens with one attached hydrogen (secondary N) is 1. The van der Waals surface area contributed by atoms with Crippen molar-refractivity contribution in [3.05, 3.63) is 52.3 Å². The third-order valence-electron chi connectivity index (χ3n) is 2.63. The second-order valence-corrected chi connectivity index (χ2v) is 4.92. The number of ether oxygens (including phenoxy) is 1. The van der Waals surface area contributed by atoms with Gasteiger partial charge in [-0.05, 0) is 30.3 Å². The number of halogens is 2. The number of rotatable bonds is 4. The van der Waals surface area contributed by atoms with Crippen LogP contribution < -0.4 is 10.1 Å². The van der Waals surface area contributed by atoms with Crippen LogP contribution in [0.5, 0.6) is 11.5 Å². The van der Waals surface area contributed by atoms with Crippen LogP contribution in [-0.2, 0) is 6.54 Å². The van der Waals surface area contributed by atoms with Crippen LogP contribution in [0.1, 0.15) is 5.56 Å². The first-order valence-electron chi connectivity index (χ1n) is 5.64. The van der Waals surface area contributed by atoms with Crippen LogP contribution in [0.15, 0.2) is 40.9 Å². The van der Waals surface area contributed by atoms with Crippen LogP contribution in [0, 0.1) is 5.82 Å². The van der Waals surface area contributed by atoms with Crippen LogP contribution in [0.3, 0.4) is 0 Å². The average Bonchev–Trinajstić information content (AvgIpc) is 2.39. The van der Waals surface area contributed by atoms with Gasteiger partial charge in [-0.25, -0.2) is 4.39 Å². The maximum atomic E-state index is 13.1. The van der Waals surface area contributed by atoms with E-state index >= 15 is 0 Å². The van der Waals surface area contributed by atoms with E-state index in [0.717, 1.165) is 10.2 Å². The molecule has 0 aliphatic heterocycles. The lowest BCUT2D eigenvalue weighted by Crippen LogP contribution is -2.00. The molecular formula is C14H13BrFNO2. The molecule has 100 valence electrons. The van der Waals surface area contributed by atoms with Gasteiger partial charge in [-0.15, -0.1) is 0 Å². The fourth-order valence-electron chi connectivity index (χ4n) is 1.68. The van der Waals surface area contributed by atoms with Gasteiger partial charge in [0.05, 0.1) is 7.11 Å². The zero-order chi connectivity index (χ0) is 13.8. The third kappa shape index (κ3) is 3.61. The lowest BCUT2D eigenvalue weighted by atomic mass is 10.2. The molecule has 0 atom stereocenters. The molecule has 0 radical (unpaired) electrons. The molecular weight excluding hydrogens is 313 g/mol. The molecule has 0 spiro atoms. The van der Waals surface area contributed by atoms with E-state index in [-0.39, 0.29) is 11.6 Å². The largest absolute Gasteiger partial charge is 0.508 e. The van der Waals surface area contributed by atoms with Crippen LogP contribution in [0.2, 0.25) is 0 Å². The highest BCUT2D eigenvalue weighted by Crippen LogP contribution is 2.26. The van der Waals surface area contributed by atoms with Gasteiger partial charge in [0.15, 0.2) is 0 Å². The van der Waals surface area contributed by atoms with Crippen molar-refractivity contribution in [2.24, 2.45) is 0 Å². The number of benzene rings is 2. The van der Waals surface area contributed by atoms with E-state index < -0.39 is 0 Å². The Kier molecular flexibility index (Phi) is 4.27. The molecule has 0 bridgehead atoms. The summed E-state index contributed by atoms with van der Waals surface area (Å²) in [5.74, 6) is 0.401. The Morgan fingerprint density at radius 2 is 2.05 bits per heavy atom. The summed E-state index contributed by atoms with van der Waals surface area (Å²) in [6.07, 6.45) is 0. The smallest absolute Gasteiger partial charge is 0.123 e. The summed E-state index contributed by atoms with van der Waals surface area (Å²) < 4.78 is 19.1. The second-order valence-electron chi connectivity index (χ2n) is 4.01. The number of methoxy groups -OCH3 is 1. The van der Waals surface area contributed by atoms with Crippen molar-refractivity contribution in [1.82, 2.24) is 0 Å². The zero-order valence-electron chi connectivity index (χ0n) is 10.3. The molecule has 0 aliphatic carbocycles. The minimum Gasteiger partial charge on any atom is -0.508 e. The molecule has 5 heteroatoms. The maximum Gasteiger partial charge on any atom is 0.123 e.